The molecule has 1 aliphatic rings. The van der Waals surface area contributed by atoms with Crippen LogP contribution >= 0.6 is 22.7 Å². The van der Waals surface area contributed by atoms with E-state index in [4.69, 9.17) is 9.47 Å². The molecule has 0 fully saturated rings. The van der Waals surface area contributed by atoms with Crippen molar-refractivity contribution in [2.75, 3.05) is 31.4 Å². The Hall–Kier alpha value is -3.11. The molecule has 1 aromatic carbocycles. The number of carbonyl (C=O) groups excluding carboxylic acids is 2. The first-order valence-electron chi connectivity index (χ1n) is 9.17. The van der Waals surface area contributed by atoms with Crippen molar-refractivity contribution in [1.82, 2.24) is 9.88 Å². The van der Waals surface area contributed by atoms with Crippen LogP contribution in [0.5, 0.6) is 11.5 Å². The maximum Gasteiger partial charge on any atom is 0.322 e. The predicted molar refractivity (Wildman–Crippen MR) is 117 cm³/mol. The summed E-state index contributed by atoms with van der Waals surface area (Å²) in [6.07, 6.45) is 0.634. The number of fused-ring (bicyclic) bond motifs is 1. The number of ether oxygens (including phenoxy) is 2. The first kappa shape index (κ1) is 20.2. The zero-order chi connectivity index (χ0) is 21.1. The van der Waals surface area contributed by atoms with Gasteiger partial charge in [-0.2, -0.15) is 11.3 Å². The van der Waals surface area contributed by atoms with Crippen LogP contribution in [0, 0.1) is 0 Å². The van der Waals surface area contributed by atoms with E-state index in [9.17, 15) is 9.59 Å². The number of hydrogen-bond donors (Lipinski definition) is 2. The lowest BCUT2D eigenvalue weighted by Gasteiger charge is -2.26. The number of methoxy groups -OCH3 is 2. The van der Waals surface area contributed by atoms with E-state index in [2.05, 4.69) is 15.6 Å². The van der Waals surface area contributed by atoms with Gasteiger partial charge in [-0.15, -0.1) is 0 Å². The molecule has 2 aromatic heterocycles. The van der Waals surface area contributed by atoms with Gasteiger partial charge in [-0.25, -0.2) is 9.78 Å². The molecule has 3 amide bonds. The Labute approximate surface area is 181 Å². The van der Waals surface area contributed by atoms with Gasteiger partial charge in [0.2, 0.25) is 0 Å². The summed E-state index contributed by atoms with van der Waals surface area (Å²) in [5, 5.41) is 9.93. The van der Waals surface area contributed by atoms with Gasteiger partial charge in [-0.05, 0) is 11.4 Å². The molecule has 3 heterocycles. The second-order valence-electron chi connectivity index (χ2n) is 6.56. The van der Waals surface area contributed by atoms with E-state index < -0.39 is 0 Å². The molecule has 0 atom stereocenters. The summed E-state index contributed by atoms with van der Waals surface area (Å²) in [4.78, 5) is 32.2. The number of aromatic nitrogens is 1. The minimum Gasteiger partial charge on any atom is -0.497 e. The molecule has 0 spiro atoms. The quantitative estimate of drug-likeness (QED) is 0.619. The second-order valence-corrected chi connectivity index (χ2v) is 8.42. The van der Waals surface area contributed by atoms with E-state index >= 15 is 0 Å². The van der Waals surface area contributed by atoms with Crippen molar-refractivity contribution in [2.45, 2.75) is 13.0 Å². The zero-order valence-electron chi connectivity index (χ0n) is 16.4. The summed E-state index contributed by atoms with van der Waals surface area (Å²) >= 11 is 2.87. The first-order chi connectivity index (χ1) is 14.6. The highest BCUT2D eigenvalue weighted by Crippen LogP contribution is 2.30. The number of amides is 3. The summed E-state index contributed by atoms with van der Waals surface area (Å²) in [5.41, 5.74) is 2.13. The van der Waals surface area contributed by atoms with Crippen LogP contribution in [0.25, 0.3) is 0 Å². The average molecular weight is 445 g/mol. The van der Waals surface area contributed by atoms with Gasteiger partial charge in [-0.3, -0.25) is 10.1 Å². The number of urea groups is 1. The van der Waals surface area contributed by atoms with Gasteiger partial charge in [0.05, 0.1) is 32.0 Å². The third-order valence-corrected chi connectivity index (χ3v) is 6.31. The number of carbonyl (C=O) groups is 2. The van der Waals surface area contributed by atoms with Crippen LogP contribution in [-0.4, -0.2) is 42.6 Å². The number of nitrogens with zero attached hydrogens (tertiary/aromatic N) is 2. The van der Waals surface area contributed by atoms with Gasteiger partial charge in [0.15, 0.2) is 5.13 Å². The van der Waals surface area contributed by atoms with E-state index in [1.54, 1.807) is 48.8 Å². The van der Waals surface area contributed by atoms with Gasteiger partial charge < -0.3 is 19.7 Å². The largest absolute Gasteiger partial charge is 0.497 e. The van der Waals surface area contributed by atoms with Crippen molar-refractivity contribution in [3.8, 4) is 11.5 Å². The topological polar surface area (TPSA) is 92.8 Å². The Kier molecular flexibility index (Phi) is 5.86. The first-order valence-corrected chi connectivity index (χ1v) is 10.9. The number of anilines is 2. The Morgan fingerprint density at radius 3 is 2.57 bits per heavy atom. The molecule has 156 valence electrons. The molecular formula is C20H20N4O4S2. The number of hydrogen-bond acceptors (Lipinski definition) is 7. The predicted octanol–water partition coefficient (Wildman–Crippen LogP) is 4.06. The lowest BCUT2D eigenvalue weighted by atomic mass is 10.2. The molecular weight excluding hydrogens is 424 g/mol. The van der Waals surface area contributed by atoms with Crippen molar-refractivity contribution in [3.05, 3.63) is 51.2 Å². The highest BCUT2D eigenvalue weighted by Gasteiger charge is 2.25. The number of thiazole rings is 1. The van der Waals surface area contributed by atoms with E-state index in [0.29, 0.717) is 47.4 Å². The minimum atomic E-state index is -0.215. The highest BCUT2D eigenvalue weighted by molar-refractivity contribution is 7.16. The molecule has 2 N–H and O–H groups in total. The van der Waals surface area contributed by atoms with Crippen molar-refractivity contribution in [1.29, 1.82) is 0 Å². The maximum atomic E-state index is 12.8. The molecule has 10 heteroatoms. The van der Waals surface area contributed by atoms with Crippen LogP contribution < -0.4 is 20.1 Å². The van der Waals surface area contributed by atoms with Crippen LogP contribution in [0.3, 0.4) is 0 Å². The fraction of sp³-hybridized carbons (Fsp3) is 0.250. The molecule has 3 aromatic rings. The Morgan fingerprint density at radius 1 is 1.13 bits per heavy atom. The lowest BCUT2D eigenvalue weighted by Crippen LogP contribution is -2.38. The zero-order valence-corrected chi connectivity index (χ0v) is 18.1. The summed E-state index contributed by atoms with van der Waals surface area (Å²) in [6.45, 7) is 0.982. The van der Waals surface area contributed by atoms with Crippen molar-refractivity contribution in [2.24, 2.45) is 0 Å². The van der Waals surface area contributed by atoms with Crippen LogP contribution in [-0.2, 0) is 13.0 Å². The van der Waals surface area contributed by atoms with Crippen molar-refractivity contribution < 1.29 is 19.1 Å². The van der Waals surface area contributed by atoms with E-state index in [1.165, 1.54) is 22.7 Å². The van der Waals surface area contributed by atoms with Gasteiger partial charge in [0, 0.05) is 47.1 Å². The lowest BCUT2D eigenvalue weighted by molar-refractivity contribution is 0.102. The third-order valence-electron chi connectivity index (χ3n) is 4.62. The highest BCUT2D eigenvalue weighted by atomic mass is 32.1. The second kappa shape index (κ2) is 8.72. The Balaban J connectivity index is 1.42. The van der Waals surface area contributed by atoms with E-state index in [1.807, 2.05) is 5.38 Å². The standard InChI is InChI=1S/C20H20N4O4S2/c1-27-14-7-13(8-15(9-14)28-2)21-20(26)24-5-3-16-17(10-24)30-19(22-16)23-18(25)12-4-6-29-11-12/h4,6-9,11H,3,5,10H2,1-2H3,(H,21,26)(H,22,23,25). The van der Waals surface area contributed by atoms with Crippen molar-refractivity contribution >= 4 is 45.4 Å². The maximum absolute atomic E-state index is 12.8. The fourth-order valence-electron chi connectivity index (χ4n) is 3.07. The molecule has 0 bridgehead atoms. The molecule has 0 radical (unpaired) electrons. The molecule has 1 aliphatic heterocycles. The van der Waals surface area contributed by atoms with Crippen LogP contribution in [0.15, 0.2) is 35.0 Å². The molecule has 0 saturated carbocycles. The molecule has 0 unspecified atom stereocenters. The summed E-state index contributed by atoms with van der Waals surface area (Å²) in [7, 11) is 3.12. The minimum absolute atomic E-state index is 0.177. The van der Waals surface area contributed by atoms with Gasteiger partial charge in [-0.1, -0.05) is 11.3 Å². The SMILES string of the molecule is COc1cc(NC(=O)N2CCc3nc(NC(=O)c4ccsc4)sc3C2)cc(OC)c1. The smallest absolute Gasteiger partial charge is 0.322 e. The van der Waals surface area contributed by atoms with Crippen LogP contribution in [0.1, 0.15) is 20.9 Å². The monoisotopic (exact) mass is 444 g/mol. The Morgan fingerprint density at radius 2 is 1.90 bits per heavy atom. The summed E-state index contributed by atoms with van der Waals surface area (Å²) in [6, 6.07) is 6.77. The van der Waals surface area contributed by atoms with E-state index in [-0.39, 0.29) is 11.9 Å². The van der Waals surface area contributed by atoms with Gasteiger partial charge >= 0.3 is 6.03 Å². The van der Waals surface area contributed by atoms with Crippen LogP contribution in [0.4, 0.5) is 15.6 Å². The molecule has 30 heavy (non-hydrogen) atoms. The van der Waals surface area contributed by atoms with Crippen molar-refractivity contribution in [3.63, 3.8) is 0 Å². The molecule has 8 nitrogen and oxygen atoms in total. The van der Waals surface area contributed by atoms with Gasteiger partial charge in [0.25, 0.3) is 5.91 Å². The van der Waals surface area contributed by atoms with Gasteiger partial charge in [0.1, 0.15) is 11.5 Å². The molecule has 0 aliphatic carbocycles. The summed E-state index contributed by atoms with van der Waals surface area (Å²) in [5.74, 6) is 1.02. The molecule has 0 saturated heterocycles. The number of benzene rings is 1. The third kappa shape index (κ3) is 4.39. The summed E-state index contributed by atoms with van der Waals surface area (Å²) < 4.78 is 10.5. The average Bonchev–Trinajstić information content (AvgIpc) is 3.42. The number of thiophene rings is 1. The fourth-order valence-corrected chi connectivity index (χ4v) is 4.72. The number of rotatable bonds is 5. The number of nitrogens with one attached hydrogen (secondary N) is 2. The normalized spacial score (nSPS) is 12.8. The van der Waals surface area contributed by atoms with E-state index in [0.717, 1.165) is 10.6 Å². The Bertz CT molecular complexity index is 1040. The molecule has 4 rings (SSSR count). The van der Waals surface area contributed by atoms with Crippen LogP contribution in [0.2, 0.25) is 0 Å².